The number of fused-ring (bicyclic) bond motifs is 1. The summed E-state index contributed by atoms with van der Waals surface area (Å²) in [5.41, 5.74) is 3.68. The predicted octanol–water partition coefficient (Wildman–Crippen LogP) is 2.60. The summed E-state index contributed by atoms with van der Waals surface area (Å²) in [5, 5.41) is 10.5. The van der Waals surface area contributed by atoms with Gasteiger partial charge in [0, 0.05) is 28.8 Å². The van der Waals surface area contributed by atoms with E-state index in [0.717, 1.165) is 48.2 Å². The topological polar surface area (TPSA) is 57.8 Å². The van der Waals surface area contributed by atoms with Crippen molar-refractivity contribution in [1.82, 2.24) is 15.5 Å². The van der Waals surface area contributed by atoms with E-state index in [1.165, 1.54) is 12.1 Å². The van der Waals surface area contributed by atoms with Gasteiger partial charge in [0.2, 0.25) is 5.91 Å². The lowest BCUT2D eigenvalue weighted by Gasteiger charge is -2.21. The molecule has 1 heterocycles. The Morgan fingerprint density at radius 3 is 2.95 bits per heavy atom. The maximum absolute atomic E-state index is 13.4. The lowest BCUT2D eigenvalue weighted by molar-refractivity contribution is -0.125. The standard InChI is InChI=1S/C17H18FN3O/c18-12-3-1-2-10(8-12)16-14-9-11(4-7-15(14)20-21-16)17(22)19-13-5-6-13/h1-3,8,11,13H,4-7,9H2,(H,19,22)(H,20,21). The van der Waals surface area contributed by atoms with Gasteiger partial charge in [-0.1, -0.05) is 12.1 Å². The fraction of sp³-hybridized carbons (Fsp3) is 0.412. The Balaban J connectivity index is 1.60. The second-order valence-electron chi connectivity index (χ2n) is 6.26. The molecule has 0 radical (unpaired) electrons. The van der Waals surface area contributed by atoms with Gasteiger partial charge in [0.15, 0.2) is 0 Å². The van der Waals surface area contributed by atoms with Crippen molar-refractivity contribution in [3.8, 4) is 11.3 Å². The summed E-state index contributed by atoms with van der Waals surface area (Å²) in [5.74, 6) is -0.120. The van der Waals surface area contributed by atoms with Crippen LogP contribution in [-0.2, 0) is 17.6 Å². The second kappa shape index (κ2) is 5.23. The molecule has 1 saturated carbocycles. The first-order valence-electron chi connectivity index (χ1n) is 7.83. The van der Waals surface area contributed by atoms with Crippen LogP contribution < -0.4 is 5.32 Å². The van der Waals surface area contributed by atoms with Gasteiger partial charge in [0.1, 0.15) is 5.82 Å². The van der Waals surface area contributed by atoms with Gasteiger partial charge in [-0.25, -0.2) is 4.39 Å². The van der Waals surface area contributed by atoms with Crippen molar-refractivity contribution in [3.63, 3.8) is 0 Å². The number of halogens is 1. The minimum atomic E-state index is -0.270. The number of benzene rings is 1. The number of hydrogen-bond donors (Lipinski definition) is 2. The Bertz CT molecular complexity index is 720. The minimum absolute atomic E-state index is 0.00184. The number of amides is 1. The molecule has 0 aliphatic heterocycles. The fourth-order valence-electron chi connectivity index (χ4n) is 3.14. The second-order valence-corrected chi connectivity index (χ2v) is 6.26. The largest absolute Gasteiger partial charge is 0.353 e. The van der Waals surface area contributed by atoms with Crippen LogP contribution in [0.4, 0.5) is 4.39 Å². The highest BCUT2D eigenvalue weighted by atomic mass is 19.1. The Labute approximate surface area is 128 Å². The molecule has 1 aromatic heterocycles. The number of carbonyl (C=O) groups excluding carboxylic acids is 1. The van der Waals surface area contributed by atoms with Gasteiger partial charge in [0.05, 0.1) is 5.69 Å². The molecule has 2 aromatic rings. The molecule has 5 heteroatoms. The Morgan fingerprint density at radius 2 is 2.18 bits per heavy atom. The van der Waals surface area contributed by atoms with Gasteiger partial charge in [-0.05, 0) is 44.2 Å². The molecule has 1 atom stereocenters. The highest BCUT2D eigenvalue weighted by molar-refractivity contribution is 5.80. The average Bonchev–Trinajstić information content (AvgIpc) is 3.23. The van der Waals surface area contributed by atoms with Crippen molar-refractivity contribution < 1.29 is 9.18 Å². The van der Waals surface area contributed by atoms with Crippen LogP contribution in [0.15, 0.2) is 24.3 Å². The SMILES string of the molecule is O=C(NC1CC1)C1CCc2[nH]nc(-c3cccc(F)c3)c2C1. The monoisotopic (exact) mass is 299 g/mol. The maximum Gasteiger partial charge on any atom is 0.223 e. The zero-order valence-corrected chi connectivity index (χ0v) is 12.2. The van der Waals surface area contributed by atoms with Crippen LogP contribution in [0.2, 0.25) is 0 Å². The molecule has 114 valence electrons. The number of nitrogens with zero attached hydrogens (tertiary/aromatic N) is 1. The molecule has 4 rings (SSSR count). The van der Waals surface area contributed by atoms with Crippen molar-refractivity contribution >= 4 is 5.91 Å². The number of hydrogen-bond acceptors (Lipinski definition) is 2. The minimum Gasteiger partial charge on any atom is -0.353 e. The molecular weight excluding hydrogens is 281 g/mol. The summed E-state index contributed by atoms with van der Waals surface area (Å²) in [6, 6.07) is 6.85. The van der Waals surface area contributed by atoms with E-state index in [4.69, 9.17) is 0 Å². The van der Waals surface area contributed by atoms with E-state index in [1.54, 1.807) is 6.07 Å². The molecule has 1 amide bonds. The van der Waals surface area contributed by atoms with Crippen LogP contribution in [0.25, 0.3) is 11.3 Å². The predicted molar refractivity (Wildman–Crippen MR) is 80.7 cm³/mol. The van der Waals surface area contributed by atoms with Gasteiger partial charge in [-0.15, -0.1) is 0 Å². The van der Waals surface area contributed by atoms with Crippen LogP contribution in [0.3, 0.4) is 0 Å². The number of carbonyl (C=O) groups is 1. The van der Waals surface area contributed by atoms with E-state index in [-0.39, 0.29) is 17.6 Å². The van der Waals surface area contributed by atoms with Crippen molar-refractivity contribution in [2.75, 3.05) is 0 Å². The van der Waals surface area contributed by atoms with Crippen LogP contribution in [0.5, 0.6) is 0 Å². The number of rotatable bonds is 3. The van der Waals surface area contributed by atoms with Gasteiger partial charge in [-0.3, -0.25) is 9.89 Å². The highest BCUT2D eigenvalue weighted by Crippen LogP contribution is 2.33. The van der Waals surface area contributed by atoms with E-state index >= 15 is 0 Å². The highest BCUT2D eigenvalue weighted by Gasteiger charge is 2.32. The quantitative estimate of drug-likeness (QED) is 0.915. The molecule has 2 N–H and O–H groups in total. The van der Waals surface area contributed by atoms with Crippen LogP contribution in [0, 0.1) is 11.7 Å². The van der Waals surface area contributed by atoms with Crippen molar-refractivity contribution in [1.29, 1.82) is 0 Å². The fourth-order valence-corrected chi connectivity index (χ4v) is 3.14. The molecule has 1 unspecified atom stereocenters. The molecule has 2 aliphatic carbocycles. The third kappa shape index (κ3) is 2.51. The molecular formula is C17H18FN3O. The van der Waals surface area contributed by atoms with Crippen molar-refractivity contribution in [2.24, 2.45) is 5.92 Å². The average molecular weight is 299 g/mol. The third-order valence-corrected chi connectivity index (χ3v) is 4.54. The van der Waals surface area contributed by atoms with Crippen LogP contribution in [-0.4, -0.2) is 22.1 Å². The van der Waals surface area contributed by atoms with Gasteiger partial charge in [0.25, 0.3) is 0 Å². The van der Waals surface area contributed by atoms with E-state index in [0.29, 0.717) is 12.5 Å². The Kier molecular flexibility index (Phi) is 3.21. The van der Waals surface area contributed by atoms with E-state index in [9.17, 15) is 9.18 Å². The molecule has 2 aliphatic rings. The Hall–Kier alpha value is -2.17. The lowest BCUT2D eigenvalue weighted by atomic mass is 9.85. The number of aromatic nitrogens is 2. The summed E-state index contributed by atoms with van der Waals surface area (Å²) in [7, 11) is 0. The smallest absolute Gasteiger partial charge is 0.223 e. The molecule has 0 saturated heterocycles. The summed E-state index contributed by atoms with van der Waals surface area (Å²) in [6.07, 6.45) is 4.54. The van der Waals surface area contributed by atoms with Gasteiger partial charge >= 0.3 is 0 Å². The van der Waals surface area contributed by atoms with Gasteiger partial charge < -0.3 is 5.32 Å². The van der Waals surface area contributed by atoms with Crippen molar-refractivity contribution in [2.45, 2.75) is 38.1 Å². The normalized spacial score (nSPS) is 20.5. The van der Waals surface area contributed by atoms with E-state index in [1.807, 2.05) is 6.07 Å². The first kappa shape index (κ1) is 13.5. The lowest BCUT2D eigenvalue weighted by Crippen LogP contribution is -2.35. The zero-order valence-electron chi connectivity index (χ0n) is 12.2. The molecule has 0 spiro atoms. The molecule has 1 fully saturated rings. The third-order valence-electron chi connectivity index (χ3n) is 4.54. The number of nitrogens with one attached hydrogen (secondary N) is 2. The van der Waals surface area contributed by atoms with Crippen LogP contribution >= 0.6 is 0 Å². The summed E-state index contributed by atoms with van der Waals surface area (Å²) in [6.45, 7) is 0. The number of aryl methyl sites for hydroxylation is 1. The Morgan fingerprint density at radius 1 is 1.32 bits per heavy atom. The summed E-state index contributed by atoms with van der Waals surface area (Å²) in [4.78, 5) is 12.3. The van der Waals surface area contributed by atoms with E-state index < -0.39 is 0 Å². The first-order chi connectivity index (χ1) is 10.7. The summed E-state index contributed by atoms with van der Waals surface area (Å²) < 4.78 is 13.4. The van der Waals surface area contributed by atoms with Gasteiger partial charge in [-0.2, -0.15) is 5.10 Å². The molecule has 22 heavy (non-hydrogen) atoms. The zero-order chi connectivity index (χ0) is 15.1. The molecule has 0 bridgehead atoms. The maximum atomic E-state index is 13.4. The molecule has 4 nitrogen and oxygen atoms in total. The molecule has 1 aromatic carbocycles. The van der Waals surface area contributed by atoms with E-state index in [2.05, 4.69) is 15.5 Å². The van der Waals surface area contributed by atoms with Crippen LogP contribution in [0.1, 0.15) is 30.5 Å². The number of H-pyrrole nitrogens is 1. The number of aromatic amines is 1. The van der Waals surface area contributed by atoms with Crippen molar-refractivity contribution in [3.05, 3.63) is 41.3 Å². The first-order valence-corrected chi connectivity index (χ1v) is 7.83. The summed E-state index contributed by atoms with van der Waals surface area (Å²) >= 11 is 0.